The van der Waals surface area contributed by atoms with E-state index >= 15 is 0 Å². The number of hydrogen-bond acceptors (Lipinski definition) is 2. The van der Waals surface area contributed by atoms with Gasteiger partial charge in [-0.25, -0.2) is 0 Å². The molecule has 0 saturated carbocycles. The van der Waals surface area contributed by atoms with Gasteiger partial charge in [0.15, 0.2) is 0 Å². The zero-order valence-electron chi connectivity index (χ0n) is 7.40. The van der Waals surface area contributed by atoms with Gasteiger partial charge >= 0.3 is 0 Å². The summed E-state index contributed by atoms with van der Waals surface area (Å²) in [5.41, 5.74) is 0. The van der Waals surface area contributed by atoms with Crippen LogP contribution in [0.3, 0.4) is 0 Å². The standard InChI is InChI=1S/C11H12OS/c1-9(7-10-8-12-10)13-11-5-3-2-4-6-11/h2-6,10H,1,7-8H2. The lowest BCUT2D eigenvalue weighted by Crippen LogP contribution is -1.84. The van der Waals surface area contributed by atoms with Crippen molar-refractivity contribution in [3.8, 4) is 0 Å². The van der Waals surface area contributed by atoms with Crippen molar-refractivity contribution in [3.63, 3.8) is 0 Å². The molecule has 2 heteroatoms. The second-order valence-corrected chi connectivity index (χ2v) is 4.37. The summed E-state index contributed by atoms with van der Waals surface area (Å²) in [5, 5.41) is 0. The van der Waals surface area contributed by atoms with Gasteiger partial charge in [-0.2, -0.15) is 0 Å². The van der Waals surface area contributed by atoms with Gasteiger partial charge in [0, 0.05) is 11.3 Å². The van der Waals surface area contributed by atoms with Gasteiger partial charge < -0.3 is 4.74 Å². The normalized spacial score (nSPS) is 19.8. The Kier molecular flexibility index (Phi) is 2.71. The van der Waals surface area contributed by atoms with Crippen molar-refractivity contribution in [2.75, 3.05) is 6.61 Å². The number of thioether (sulfide) groups is 1. The Morgan fingerprint density at radius 3 is 2.77 bits per heavy atom. The fraction of sp³-hybridized carbons (Fsp3) is 0.273. The minimum absolute atomic E-state index is 0.448. The highest BCUT2D eigenvalue weighted by Crippen LogP contribution is 2.31. The third-order valence-electron chi connectivity index (χ3n) is 1.86. The molecule has 1 aromatic rings. The average molecular weight is 192 g/mol. The molecule has 0 aromatic heterocycles. The number of hydrogen-bond donors (Lipinski definition) is 0. The Bertz CT molecular complexity index is 290. The van der Waals surface area contributed by atoms with Crippen LogP contribution in [0.1, 0.15) is 6.42 Å². The SMILES string of the molecule is C=C(CC1CO1)Sc1ccccc1. The lowest BCUT2D eigenvalue weighted by atomic mass is 10.3. The van der Waals surface area contributed by atoms with Crippen molar-refractivity contribution >= 4 is 11.8 Å². The quantitative estimate of drug-likeness (QED) is 0.537. The number of epoxide rings is 1. The monoisotopic (exact) mass is 192 g/mol. The lowest BCUT2D eigenvalue weighted by molar-refractivity contribution is 0.409. The van der Waals surface area contributed by atoms with Crippen LogP contribution in [0, 0.1) is 0 Å². The smallest absolute Gasteiger partial charge is 0.0855 e. The molecule has 0 amide bonds. The fourth-order valence-electron chi connectivity index (χ4n) is 1.14. The molecule has 1 unspecified atom stereocenters. The Hall–Kier alpha value is -0.730. The second-order valence-electron chi connectivity index (χ2n) is 3.11. The first-order valence-electron chi connectivity index (χ1n) is 4.37. The predicted molar refractivity (Wildman–Crippen MR) is 55.8 cm³/mol. The van der Waals surface area contributed by atoms with Gasteiger partial charge in [-0.3, -0.25) is 0 Å². The highest BCUT2D eigenvalue weighted by atomic mass is 32.2. The van der Waals surface area contributed by atoms with Crippen LogP contribution < -0.4 is 0 Å². The topological polar surface area (TPSA) is 12.5 Å². The molecule has 1 saturated heterocycles. The summed E-state index contributed by atoms with van der Waals surface area (Å²) >= 11 is 1.74. The highest BCUT2D eigenvalue weighted by molar-refractivity contribution is 8.03. The van der Waals surface area contributed by atoms with Crippen LogP contribution in [-0.4, -0.2) is 12.7 Å². The summed E-state index contributed by atoms with van der Waals surface area (Å²) in [6.45, 7) is 4.92. The maximum Gasteiger partial charge on any atom is 0.0855 e. The Balaban J connectivity index is 1.86. The van der Waals surface area contributed by atoms with Crippen molar-refractivity contribution < 1.29 is 4.74 Å². The molecule has 1 heterocycles. The molecular weight excluding hydrogens is 180 g/mol. The average Bonchev–Trinajstić information content (AvgIpc) is 2.90. The van der Waals surface area contributed by atoms with Crippen molar-refractivity contribution in [2.45, 2.75) is 17.4 Å². The second kappa shape index (κ2) is 3.99. The molecule has 1 atom stereocenters. The summed E-state index contributed by atoms with van der Waals surface area (Å²) in [4.78, 5) is 2.45. The van der Waals surface area contributed by atoms with Gasteiger partial charge in [-0.05, 0) is 17.0 Å². The van der Waals surface area contributed by atoms with Crippen LogP contribution in [0.4, 0.5) is 0 Å². The van der Waals surface area contributed by atoms with E-state index in [0.29, 0.717) is 6.10 Å². The van der Waals surface area contributed by atoms with Crippen LogP contribution in [0.5, 0.6) is 0 Å². The molecule has 0 radical (unpaired) electrons. The van der Waals surface area contributed by atoms with E-state index in [0.717, 1.165) is 13.0 Å². The van der Waals surface area contributed by atoms with Crippen LogP contribution >= 0.6 is 11.8 Å². The predicted octanol–water partition coefficient (Wildman–Crippen LogP) is 3.08. The zero-order valence-corrected chi connectivity index (χ0v) is 8.22. The van der Waals surface area contributed by atoms with Gasteiger partial charge in [-0.1, -0.05) is 36.5 Å². The van der Waals surface area contributed by atoms with Crippen molar-refractivity contribution in [1.29, 1.82) is 0 Å². The van der Waals surface area contributed by atoms with Gasteiger partial charge in [0.1, 0.15) is 0 Å². The van der Waals surface area contributed by atoms with E-state index in [9.17, 15) is 0 Å². The third-order valence-corrected chi connectivity index (χ3v) is 2.83. The van der Waals surface area contributed by atoms with Gasteiger partial charge in [0.2, 0.25) is 0 Å². The summed E-state index contributed by atoms with van der Waals surface area (Å²) in [6.07, 6.45) is 1.43. The Morgan fingerprint density at radius 2 is 2.15 bits per heavy atom. The molecule has 0 aliphatic carbocycles. The molecule has 1 aromatic carbocycles. The first-order chi connectivity index (χ1) is 6.34. The molecule has 68 valence electrons. The molecule has 2 rings (SSSR count). The molecule has 1 nitrogen and oxygen atoms in total. The molecule has 0 spiro atoms. The molecule has 13 heavy (non-hydrogen) atoms. The number of ether oxygens (including phenoxy) is 1. The van der Waals surface area contributed by atoms with Crippen LogP contribution in [0.2, 0.25) is 0 Å². The molecule has 1 aliphatic rings. The van der Waals surface area contributed by atoms with Crippen molar-refractivity contribution in [1.82, 2.24) is 0 Å². The minimum Gasteiger partial charge on any atom is -0.373 e. The highest BCUT2D eigenvalue weighted by Gasteiger charge is 2.23. The minimum atomic E-state index is 0.448. The first-order valence-corrected chi connectivity index (χ1v) is 5.18. The van der Waals surface area contributed by atoms with Crippen LogP contribution in [0.15, 0.2) is 46.7 Å². The summed E-state index contributed by atoms with van der Waals surface area (Å²) in [7, 11) is 0. The van der Waals surface area contributed by atoms with Gasteiger partial charge in [0.25, 0.3) is 0 Å². The van der Waals surface area contributed by atoms with E-state index in [4.69, 9.17) is 4.74 Å². The lowest BCUT2D eigenvalue weighted by Gasteiger charge is -2.02. The number of benzene rings is 1. The zero-order chi connectivity index (χ0) is 9.10. The molecule has 0 bridgehead atoms. The summed E-state index contributed by atoms with van der Waals surface area (Å²) < 4.78 is 5.14. The maximum absolute atomic E-state index is 5.14. The van der Waals surface area contributed by atoms with Crippen molar-refractivity contribution in [3.05, 3.63) is 41.8 Å². The van der Waals surface area contributed by atoms with E-state index in [1.54, 1.807) is 11.8 Å². The maximum atomic E-state index is 5.14. The van der Waals surface area contributed by atoms with Gasteiger partial charge in [-0.15, -0.1) is 0 Å². The van der Waals surface area contributed by atoms with Gasteiger partial charge in [0.05, 0.1) is 12.7 Å². The van der Waals surface area contributed by atoms with Crippen LogP contribution in [0.25, 0.3) is 0 Å². The van der Waals surface area contributed by atoms with E-state index in [1.807, 2.05) is 18.2 Å². The largest absolute Gasteiger partial charge is 0.373 e. The van der Waals surface area contributed by atoms with E-state index in [2.05, 4.69) is 18.7 Å². The Morgan fingerprint density at radius 1 is 1.46 bits per heavy atom. The summed E-state index contributed by atoms with van der Waals surface area (Å²) in [6, 6.07) is 10.3. The van der Waals surface area contributed by atoms with E-state index in [-0.39, 0.29) is 0 Å². The molecule has 1 aliphatic heterocycles. The molecule has 1 fully saturated rings. The van der Waals surface area contributed by atoms with E-state index in [1.165, 1.54) is 9.80 Å². The van der Waals surface area contributed by atoms with E-state index < -0.39 is 0 Å². The molecular formula is C11H12OS. The van der Waals surface area contributed by atoms with Crippen molar-refractivity contribution in [2.24, 2.45) is 0 Å². The fourth-order valence-corrected chi connectivity index (χ4v) is 2.03. The first kappa shape index (κ1) is 8.85. The summed E-state index contributed by atoms with van der Waals surface area (Å²) in [5.74, 6) is 0. The molecule has 0 N–H and O–H groups in total. The third kappa shape index (κ3) is 2.90. The Labute approximate surface area is 82.8 Å². The number of rotatable bonds is 4. The van der Waals surface area contributed by atoms with Crippen LogP contribution in [-0.2, 0) is 4.74 Å².